The Kier molecular flexibility index (Phi) is 8.79. The van der Waals surface area contributed by atoms with Crippen molar-refractivity contribution in [3.63, 3.8) is 0 Å². The van der Waals surface area contributed by atoms with Crippen molar-refractivity contribution < 1.29 is 14.3 Å². The molecule has 2 saturated heterocycles. The smallest absolute Gasteiger partial charge is 0.225 e. The molecule has 0 N–H and O–H groups in total. The summed E-state index contributed by atoms with van der Waals surface area (Å²) in [5.41, 5.74) is 4.95. The second-order valence-electron chi connectivity index (χ2n) is 12.4. The summed E-state index contributed by atoms with van der Waals surface area (Å²) in [4.78, 5) is 28.9. The van der Waals surface area contributed by atoms with Crippen molar-refractivity contribution in [2.24, 2.45) is 16.8 Å². The van der Waals surface area contributed by atoms with Crippen LogP contribution in [0.5, 0.6) is 0 Å². The molecule has 1 aliphatic carbocycles. The molecule has 0 aromatic carbocycles. The van der Waals surface area contributed by atoms with Crippen LogP contribution in [0, 0.1) is 11.8 Å². The Labute approximate surface area is 254 Å². The maximum Gasteiger partial charge on any atom is 0.225 e. The van der Waals surface area contributed by atoms with Gasteiger partial charge in [0.15, 0.2) is 0 Å². The zero-order valence-electron chi connectivity index (χ0n) is 26.0. The van der Waals surface area contributed by atoms with Gasteiger partial charge in [-0.2, -0.15) is 5.10 Å². The average Bonchev–Trinajstić information content (AvgIpc) is 3.47. The SMILES string of the molecule is CN=C[C@H]1C[C@H](C(=O)N2CCN(c3ccnn4cc(-c5ccc(C6(OC)CCN([C@@H](C)COC)CC6)cn5)cc34)CC2)C1. The number of aromatic nitrogens is 3. The summed E-state index contributed by atoms with van der Waals surface area (Å²) in [5.74, 6) is 0.931. The summed E-state index contributed by atoms with van der Waals surface area (Å²) in [6.07, 6.45) is 11.6. The van der Waals surface area contributed by atoms with Crippen molar-refractivity contribution in [1.82, 2.24) is 24.4 Å². The number of piperazine rings is 1. The number of fused-ring (bicyclic) bond motifs is 1. The Morgan fingerprint density at radius 2 is 1.88 bits per heavy atom. The number of carbonyl (C=O) groups is 1. The number of aliphatic imine (C=N–C) groups is 1. The molecule has 10 nitrogen and oxygen atoms in total. The van der Waals surface area contributed by atoms with E-state index >= 15 is 0 Å². The lowest BCUT2D eigenvalue weighted by Gasteiger charge is -2.43. The largest absolute Gasteiger partial charge is 0.383 e. The highest BCUT2D eigenvalue weighted by Crippen LogP contribution is 2.38. The first-order chi connectivity index (χ1) is 20.9. The van der Waals surface area contributed by atoms with Crippen molar-refractivity contribution >= 4 is 23.3 Å². The molecule has 230 valence electrons. The van der Waals surface area contributed by atoms with Gasteiger partial charge in [0.2, 0.25) is 5.91 Å². The number of piperidine rings is 1. The van der Waals surface area contributed by atoms with Crippen molar-refractivity contribution in [3.8, 4) is 11.3 Å². The van der Waals surface area contributed by atoms with Crippen LogP contribution in [-0.2, 0) is 19.9 Å². The molecule has 0 bridgehead atoms. The Morgan fingerprint density at radius 1 is 1.12 bits per heavy atom. The number of hydrogen-bond donors (Lipinski definition) is 0. The van der Waals surface area contributed by atoms with E-state index in [1.807, 2.05) is 35.1 Å². The lowest BCUT2D eigenvalue weighted by Crippen LogP contribution is -2.52. The number of likely N-dealkylation sites (tertiary alicyclic amines) is 1. The van der Waals surface area contributed by atoms with Gasteiger partial charge in [0.1, 0.15) is 0 Å². The lowest BCUT2D eigenvalue weighted by molar-refractivity contribution is -0.139. The van der Waals surface area contributed by atoms with Crippen LogP contribution in [0.25, 0.3) is 16.8 Å². The summed E-state index contributed by atoms with van der Waals surface area (Å²) in [7, 11) is 5.38. The highest BCUT2D eigenvalue weighted by Gasteiger charge is 2.38. The molecule has 3 aromatic rings. The molecule has 2 aliphatic heterocycles. The van der Waals surface area contributed by atoms with Gasteiger partial charge in [-0.3, -0.25) is 14.7 Å². The fourth-order valence-corrected chi connectivity index (χ4v) is 7.15. The molecule has 5 heterocycles. The number of carbonyl (C=O) groups excluding carboxylic acids is 1. The Morgan fingerprint density at radius 3 is 2.53 bits per heavy atom. The quantitative estimate of drug-likeness (QED) is 0.353. The molecular weight excluding hydrogens is 542 g/mol. The number of hydrogen-bond acceptors (Lipinski definition) is 8. The van der Waals surface area contributed by atoms with Crippen molar-refractivity contribution in [2.45, 2.75) is 44.2 Å². The molecule has 1 saturated carbocycles. The number of anilines is 1. The molecular formula is C33H45N7O3. The van der Waals surface area contributed by atoms with Crippen molar-refractivity contribution in [3.05, 3.63) is 48.4 Å². The monoisotopic (exact) mass is 587 g/mol. The highest BCUT2D eigenvalue weighted by molar-refractivity contribution is 5.83. The molecule has 6 rings (SSSR count). The molecule has 1 amide bonds. The molecule has 10 heteroatoms. The Hall–Kier alpha value is -3.34. The maximum atomic E-state index is 13.0. The van der Waals surface area contributed by atoms with Gasteiger partial charge in [-0.15, -0.1) is 0 Å². The first-order valence-corrected chi connectivity index (χ1v) is 15.6. The van der Waals surface area contributed by atoms with E-state index in [0.29, 0.717) is 17.9 Å². The number of nitrogens with zero attached hydrogens (tertiary/aromatic N) is 7. The number of rotatable bonds is 9. The normalized spacial score (nSPS) is 23.5. The average molecular weight is 588 g/mol. The van der Waals surface area contributed by atoms with Crippen LogP contribution < -0.4 is 4.90 Å². The molecule has 3 aromatic heterocycles. The summed E-state index contributed by atoms with van der Waals surface area (Å²) in [6.45, 7) is 8.02. The topological polar surface area (TPSA) is 87.8 Å². The number of methoxy groups -OCH3 is 2. The summed E-state index contributed by atoms with van der Waals surface area (Å²) < 4.78 is 13.4. The maximum absolute atomic E-state index is 13.0. The van der Waals surface area contributed by atoms with Crippen molar-refractivity contribution in [1.29, 1.82) is 0 Å². The highest BCUT2D eigenvalue weighted by atomic mass is 16.5. The van der Waals surface area contributed by atoms with Crippen LogP contribution in [0.4, 0.5) is 5.69 Å². The van der Waals surface area contributed by atoms with E-state index in [0.717, 1.165) is 99.6 Å². The fraction of sp³-hybridized carbons (Fsp3) is 0.576. The minimum absolute atomic E-state index is 0.158. The van der Waals surface area contributed by atoms with Gasteiger partial charge < -0.3 is 24.3 Å². The van der Waals surface area contributed by atoms with E-state index in [2.05, 4.69) is 57.3 Å². The standard InChI is InChI=1S/C33H45N7O3/c1-24(23-42-3)37-11-8-33(43-4,9-12-37)28-5-6-29(35-21-28)27-19-31-30(7-10-36-40(31)22-27)38-13-15-39(16-14-38)32(41)26-17-25(18-26)20-34-2/h5-7,10,19-22,24-26H,8-9,11-18,23H2,1-4H3/t24-,25-,26-/m0/s1. The van der Waals surface area contributed by atoms with Crippen LogP contribution in [0.3, 0.4) is 0 Å². The van der Waals surface area contributed by atoms with E-state index in [1.54, 1.807) is 14.2 Å². The molecule has 3 aliphatic rings. The van der Waals surface area contributed by atoms with Crippen LogP contribution in [-0.4, -0.2) is 110 Å². The zero-order chi connectivity index (χ0) is 30.0. The first kappa shape index (κ1) is 29.7. The fourth-order valence-electron chi connectivity index (χ4n) is 7.15. The van der Waals surface area contributed by atoms with Gasteiger partial charge in [0, 0.05) is 108 Å². The number of pyridine rings is 1. The molecule has 3 fully saturated rings. The minimum Gasteiger partial charge on any atom is -0.383 e. The first-order valence-electron chi connectivity index (χ1n) is 15.6. The van der Waals surface area contributed by atoms with E-state index in [4.69, 9.17) is 14.5 Å². The van der Waals surface area contributed by atoms with Crippen LogP contribution in [0.2, 0.25) is 0 Å². The van der Waals surface area contributed by atoms with Crippen LogP contribution in [0.1, 0.15) is 38.2 Å². The Bertz CT molecular complexity index is 1420. The molecule has 43 heavy (non-hydrogen) atoms. The number of amides is 1. The van der Waals surface area contributed by atoms with E-state index in [9.17, 15) is 4.79 Å². The summed E-state index contributed by atoms with van der Waals surface area (Å²) in [6, 6.07) is 8.93. The van der Waals surface area contributed by atoms with E-state index in [-0.39, 0.29) is 11.5 Å². The van der Waals surface area contributed by atoms with Gasteiger partial charge in [-0.1, -0.05) is 6.07 Å². The van der Waals surface area contributed by atoms with Gasteiger partial charge >= 0.3 is 0 Å². The summed E-state index contributed by atoms with van der Waals surface area (Å²) >= 11 is 0. The predicted molar refractivity (Wildman–Crippen MR) is 169 cm³/mol. The minimum atomic E-state index is -0.317. The van der Waals surface area contributed by atoms with Gasteiger partial charge in [0.05, 0.1) is 29.1 Å². The molecule has 0 unspecified atom stereocenters. The molecule has 0 spiro atoms. The second kappa shape index (κ2) is 12.7. The molecule has 0 radical (unpaired) electrons. The second-order valence-corrected chi connectivity index (χ2v) is 12.4. The van der Waals surface area contributed by atoms with E-state index in [1.165, 1.54) is 0 Å². The predicted octanol–water partition coefficient (Wildman–Crippen LogP) is 3.74. The van der Waals surface area contributed by atoms with Gasteiger partial charge in [-0.25, -0.2) is 4.52 Å². The third-order valence-electron chi connectivity index (χ3n) is 9.92. The van der Waals surface area contributed by atoms with Gasteiger partial charge in [0.25, 0.3) is 0 Å². The summed E-state index contributed by atoms with van der Waals surface area (Å²) in [5, 5.41) is 4.59. The lowest BCUT2D eigenvalue weighted by atomic mass is 9.75. The third kappa shape index (κ3) is 5.92. The Balaban J connectivity index is 1.12. The van der Waals surface area contributed by atoms with Gasteiger partial charge in [-0.05, 0) is 56.7 Å². The zero-order valence-corrected chi connectivity index (χ0v) is 26.0. The third-order valence-corrected chi connectivity index (χ3v) is 9.92. The van der Waals surface area contributed by atoms with Crippen LogP contribution in [0.15, 0.2) is 47.8 Å². The number of ether oxygens (including phenoxy) is 2. The van der Waals surface area contributed by atoms with E-state index < -0.39 is 0 Å². The van der Waals surface area contributed by atoms with Crippen LogP contribution >= 0.6 is 0 Å². The molecule has 1 atom stereocenters. The van der Waals surface area contributed by atoms with Crippen molar-refractivity contribution in [2.75, 3.05) is 72.0 Å².